The molecule has 0 aliphatic carbocycles. The number of sulfonamides is 1. The fourth-order valence-corrected chi connectivity index (χ4v) is 3.82. The smallest absolute Gasteiger partial charge is 0.321 e. The fraction of sp³-hybridized carbons (Fsp3) is 0.333. The molecule has 1 unspecified atom stereocenters. The van der Waals surface area contributed by atoms with Crippen LogP contribution in [0.2, 0.25) is 0 Å². The summed E-state index contributed by atoms with van der Waals surface area (Å²) in [5, 5.41) is 2.76. The van der Waals surface area contributed by atoms with E-state index in [9.17, 15) is 18.0 Å². The third-order valence-electron chi connectivity index (χ3n) is 4.34. The first-order valence-corrected chi connectivity index (χ1v) is 10.6. The number of rotatable bonds is 7. The van der Waals surface area contributed by atoms with Crippen molar-refractivity contribution in [1.29, 1.82) is 0 Å². The Balaban J connectivity index is 1.93. The maximum atomic E-state index is 12.4. The van der Waals surface area contributed by atoms with E-state index in [4.69, 9.17) is 4.74 Å². The molecule has 29 heavy (non-hydrogen) atoms. The number of ether oxygens (including phenoxy) is 1. The molecule has 0 heterocycles. The number of nitrogens with one attached hydrogen (secondary N) is 2. The normalized spacial score (nSPS) is 12.3. The van der Waals surface area contributed by atoms with E-state index in [0.717, 1.165) is 22.3 Å². The van der Waals surface area contributed by atoms with E-state index in [1.54, 1.807) is 12.1 Å². The zero-order valence-electron chi connectivity index (χ0n) is 17.2. The Morgan fingerprint density at radius 1 is 0.966 bits per heavy atom. The van der Waals surface area contributed by atoms with Gasteiger partial charge in [-0.2, -0.15) is 4.72 Å². The van der Waals surface area contributed by atoms with Gasteiger partial charge in [0, 0.05) is 5.69 Å². The van der Waals surface area contributed by atoms with Gasteiger partial charge in [-0.3, -0.25) is 9.59 Å². The van der Waals surface area contributed by atoms with Crippen LogP contribution in [0.25, 0.3) is 0 Å². The van der Waals surface area contributed by atoms with Gasteiger partial charge < -0.3 is 10.1 Å². The van der Waals surface area contributed by atoms with Crippen molar-refractivity contribution in [2.45, 2.75) is 45.6 Å². The second-order valence-electron chi connectivity index (χ2n) is 7.03. The molecule has 2 N–H and O–H groups in total. The number of carbonyl (C=O) groups is 2. The van der Waals surface area contributed by atoms with Crippen molar-refractivity contribution >= 4 is 27.6 Å². The van der Waals surface area contributed by atoms with E-state index < -0.39 is 34.5 Å². The Hall–Kier alpha value is -2.71. The summed E-state index contributed by atoms with van der Waals surface area (Å²) in [6, 6.07) is 10.1. The molecule has 2 aromatic rings. The van der Waals surface area contributed by atoms with Crippen LogP contribution < -0.4 is 10.0 Å². The molecule has 0 saturated heterocycles. The Labute approximate surface area is 171 Å². The second kappa shape index (κ2) is 9.19. The molecule has 2 aromatic carbocycles. The monoisotopic (exact) mass is 418 g/mol. The molecule has 0 spiro atoms. The van der Waals surface area contributed by atoms with Crippen molar-refractivity contribution in [3.8, 4) is 0 Å². The van der Waals surface area contributed by atoms with Gasteiger partial charge >= 0.3 is 5.97 Å². The number of carbonyl (C=O) groups excluding carboxylic acids is 2. The highest BCUT2D eigenvalue weighted by atomic mass is 32.2. The van der Waals surface area contributed by atoms with E-state index in [2.05, 4.69) is 10.0 Å². The lowest BCUT2D eigenvalue weighted by Gasteiger charge is -2.17. The Morgan fingerprint density at radius 3 is 2.07 bits per heavy atom. The zero-order chi connectivity index (χ0) is 21.8. The van der Waals surface area contributed by atoms with Crippen molar-refractivity contribution in [2.24, 2.45) is 0 Å². The van der Waals surface area contributed by atoms with Crippen molar-refractivity contribution in [3.05, 3.63) is 58.7 Å². The molecule has 156 valence electrons. The van der Waals surface area contributed by atoms with Gasteiger partial charge in [-0.15, -0.1) is 0 Å². The summed E-state index contributed by atoms with van der Waals surface area (Å²) in [7, 11) is -3.84. The largest absolute Gasteiger partial charge is 0.452 e. The lowest BCUT2D eigenvalue weighted by Crippen LogP contribution is -2.36. The van der Waals surface area contributed by atoms with Crippen molar-refractivity contribution in [2.75, 3.05) is 11.9 Å². The van der Waals surface area contributed by atoms with Gasteiger partial charge in [0.15, 0.2) is 6.10 Å². The van der Waals surface area contributed by atoms with Crippen molar-refractivity contribution in [3.63, 3.8) is 0 Å². The van der Waals surface area contributed by atoms with Crippen LogP contribution in [0, 0.1) is 27.7 Å². The number of hydrogen-bond acceptors (Lipinski definition) is 5. The Kier molecular flexibility index (Phi) is 7.16. The SMILES string of the molecule is Cc1ccc(S(=O)(=O)NCC(=O)OC(C)C(=O)Nc2c(C)cc(C)cc2C)cc1. The predicted octanol–water partition coefficient (Wildman–Crippen LogP) is 2.77. The molecule has 7 nitrogen and oxygen atoms in total. The molecule has 2 rings (SSSR count). The zero-order valence-corrected chi connectivity index (χ0v) is 18.0. The van der Waals surface area contributed by atoms with Gasteiger partial charge in [0.1, 0.15) is 6.54 Å². The first kappa shape index (κ1) is 22.6. The van der Waals surface area contributed by atoms with Gasteiger partial charge in [-0.25, -0.2) is 8.42 Å². The lowest BCUT2D eigenvalue weighted by molar-refractivity contribution is -0.151. The van der Waals surface area contributed by atoms with Crippen LogP contribution in [0.4, 0.5) is 5.69 Å². The number of hydrogen-bond donors (Lipinski definition) is 2. The summed E-state index contributed by atoms with van der Waals surface area (Å²) in [6.45, 7) is 8.43. The molecular formula is C21H26N2O5S. The summed E-state index contributed by atoms with van der Waals surface area (Å²) in [4.78, 5) is 24.4. The maximum Gasteiger partial charge on any atom is 0.321 e. The van der Waals surface area contributed by atoms with Crippen molar-refractivity contribution in [1.82, 2.24) is 4.72 Å². The molecule has 0 fully saturated rings. The Bertz CT molecular complexity index is 991. The van der Waals surface area contributed by atoms with Crippen LogP contribution in [-0.4, -0.2) is 32.9 Å². The van der Waals surface area contributed by atoms with E-state index in [0.29, 0.717) is 5.69 Å². The number of benzene rings is 2. The molecule has 0 radical (unpaired) electrons. The molecule has 1 atom stereocenters. The van der Waals surface area contributed by atoms with Gasteiger partial charge in [0.25, 0.3) is 5.91 Å². The Morgan fingerprint density at radius 2 is 1.52 bits per heavy atom. The van der Waals surface area contributed by atoms with Crippen LogP contribution in [0.15, 0.2) is 41.3 Å². The number of esters is 1. The standard InChI is InChI=1S/C21H26N2O5S/c1-13-6-8-18(9-7-13)29(26,27)22-12-19(24)28-17(5)21(25)23-20-15(3)10-14(2)11-16(20)4/h6-11,17,22H,12H2,1-5H3,(H,23,25). The van der Waals surface area contributed by atoms with E-state index in [1.807, 2.05) is 39.8 Å². The first-order valence-electron chi connectivity index (χ1n) is 9.14. The third kappa shape index (κ3) is 6.13. The van der Waals surface area contributed by atoms with Crippen LogP contribution in [0.3, 0.4) is 0 Å². The molecular weight excluding hydrogens is 392 g/mol. The van der Waals surface area contributed by atoms with Gasteiger partial charge in [-0.05, 0) is 57.9 Å². The molecule has 8 heteroatoms. The maximum absolute atomic E-state index is 12.4. The van der Waals surface area contributed by atoms with Gasteiger partial charge in [0.05, 0.1) is 4.90 Å². The molecule has 1 amide bonds. The molecule has 0 bridgehead atoms. The van der Waals surface area contributed by atoms with E-state index in [1.165, 1.54) is 19.1 Å². The highest BCUT2D eigenvalue weighted by Crippen LogP contribution is 2.22. The molecule has 0 saturated carbocycles. The van der Waals surface area contributed by atoms with Crippen LogP contribution in [0.1, 0.15) is 29.2 Å². The molecule has 0 aliphatic heterocycles. The summed E-state index contributed by atoms with van der Waals surface area (Å²) < 4.78 is 31.7. The van der Waals surface area contributed by atoms with Crippen LogP contribution >= 0.6 is 0 Å². The summed E-state index contributed by atoms with van der Waals surface area (Å²) in [5.41, 5.74) is 4.48. The number of anilines is 1. The van der Waals surface area contributed by atoms with Crippen LogP contribution in [0.5, 0.6) is 0 Å². The van der Waals surface area contributed by atoms with Crippen molar-refractivity contribution < 1.29 is 22.7 Å². The quantitative estimate of drug-likeness (QED) is 0.673. The third-order valence-corrected chi connectivity index (χ3v) is 5.76. The summed E-state index contributed by atoms with van der Waals surface area (Å²) in [5.74, 6) is -1.34. The fourth-order valence-electron chi connectivity index (χ4n) is 2.85. The highest BCUT2D eigenvalue weighted by Gasteiger charge is 2.21. The highest BCUT2D eigenvalue weighted by molar-refractivity contribution is 7.89. The lowest BCUT2D eigenvalue weighted by atomic mass is 10.0. The molecule has 0 aliphatic rings. The summed E-state index contributed by atoms with van der Waals surface area (Å²) >= 11 is 0. The summed E-state index contributed by atoms with van der Waals surface area (Å²) in [6.07, 6.45) is -1.08. The number of aryl methyl sites for hydroxylation is 4. The van der Waals surface area contributed by atoms with E-state index >= 15 is 0 Å². The minimum absolute atomic E-state index is 0.0482. The average molecular weight is 419 g/mol. The van der Waals surface area contributed by atoms with Crippen LogP contribution in [-0.2, 0) is 24.3 Å². The van der Waals surface area contributed by atoms with Gasteiger partial charge in [0.2, 0.25) is 10.0 Å². The van der Waals surface area contributed by atoms with Gasteiger partial charge in [-0.1, -0.05) is 35.4 Å². The number of amides is 1. The predicted molar refractivity (Wildman–Crippen MR) is 111 cm³/mol. The topological polar surface area (TPSA) is 102 Å². The average Bonchev–Trinajstić information content (AvgIpc) is 2.63. The minimum Gasteiger partial charge on any atom is -0.452 e. The first-order chi connectivity index (χ1) is 13.5. The van der Waals surface area contributed by atoms with E-state index in [-0.39, 0.29) is 4.90 Å². The molecule has 0 aromatic heterocycles. The minimum atomic E-state index is -3.84. The second-order valence-corrected chi connectivity index (χ2v) is 8.80.